The SMILES string of the molecule is CC(C)(C)OCc1cccc(CNC(=O)CCNc2ncccn2)c1. The molecule has 6 heteroatoms. The van der Waals surface area contributed by atoms with Crippen molar-refractivity contribution in [1.82, 2.24) is 15.3 Å². The Balaban J connectivity index is 1.72. The van der Waals surface area contributed by atoms with Crippen LogP contribution in [0, 0.1) is 0 Å². The van der Waals surface area contributed by atoms with E-state index >= 15 is 0 Å². The fourth-order valence-corrected chi connectivity index (χ4v) is 2.10. The molecule has 0 spiro atoms. The number of anilines is 1. The smallest absolute Gasteiger partial charge is 0.222 e. The molecule has 1 aromatic carbocycles. The number of benzene rings is 1. The van der Waals surface area contributed by atoms with Crippen LogP contribution in [0.1, 0.15) is 38.3 Å². The summed E-state index contributed by atoms with van der Waals surface area (Å²) in [6.07, 6.45) is 3.68. The summed E-state index contributed by atoms with van der Waals surface area (Å²) in [5, 5.41) is 5.94. The largest absolute Gasteiger partial charge is 0.371 e. The van der Waals surface area contributed by atoms with Crippen molar-refractivity contribution < 1.29 is 9.53 Å². The molecule has 0 unspecified atom stereocenters. The minimum absolute atomic E-state index is 0.0141. The normalized spacial score (nSPS) is 11.2. The Morgan fingerprint density at radius 3 is 2.56 bits per heavy atom. The summed E-state index contributed by atoms with van der Waals surface area (Å²) in [4.78, 5) is 20.0. The van der Waals surface area contributed by atoms with Crippen LogP contribution in [0.25, 0.3) is 0 Å². The third-order valence-corrected chi connectivity index (χ3v) is 3.35. The van der Waals surface area contributed by atoms with Crippen molar-refractivity contribution in [1.29, 1.82) is 0 Å². The summed E-state index contributed by atoms with van der Waals surface area (Å²) in [6, 6.07) is 9.82. The van der Waals surface area contributed by atoms with E-state index in [1.807, 2.05) is 39.0 Å². The lowest BCUT2D eigenvalue weighted by atomic mass is 10.1. The van der Waals surface area contributed by atoms with Gasteiger partial charge in [-0.15, -0.1) is 0 Å². The van der Waals surface area contributed by atoms with Crippen LogP contribution in [-0.4, -0.2) is 28.0 Å². The van der Waals surface area contributed by atoms with Crippen molar-refractivity contribution in [3.8, 4) is 0 Å². The summed E-state index contributed by atoms with van der Waals surface area (Å²) in [5.41, 5.74) is 1.99. The highest BCUT2D eigenvalue weighted by Crippen LogP contribution is 2.13. The molecule has 6 nitrogen and oxygen atoms in total. The van der Waals surface area contributed by atoms with Crippen molar-refractivity contribution in [2.24, 2.45) is 0 Å². The first kappa shape index (κ1) is 18.9. The van der Waals surface area contributed by atoms with E-state index in [0.717, 1.165) is 11.1 Å². The van der Waals surface area contributed by atoms with Crippen molar-refractivity contribution >= 4 is 11.9 Å². The molecular weight excluding hydrogens is 316 g/mol. The van der Waals surface area contributed by atoms with Gasteiger partial charge in [0.25, 0.3) is 0 Å². The van der Waals surface area contributed by atoms with Gasteiger partial charge in [-0.1, -0.05) is 24.3 Å². The molecule has 1 heterocycles. The molecule has 2 rings (SSSR count). The Morgan fingerprint density at radius 2 is 1.84 bits per heavy atom. The van der Waals surface area contributed by atoms with Gasteiger partial charge in [0.05, 0.1) is 12.2 Å². The monoisotopic (exact) mass is 342 g/mol. The van der Waals surface area contributed by atoms with Crippen molar-refractivity contribution in [2.75, 3.05) is 11.9 Å². The van der Waals surface area contributed by atoms with Gasteiger partial charge >= 0.3 is 0 Å². The fourth-order valence-electron chi connectivity index (χ4n) is 2.10. The Bertz CT molecular complexity index is 669. The average molecular weight is 342 g/mol. The molecule has 1 aromatic heterocycles. The number of carbonyl (C=O) groups excluding carboxylic acids is 1. The second-order valence-electron chi connectivity index (χ2n) is 6.75. The fraction of sp³-hybridized carbons (Fsp3) is 0.421. The van der Waals surface area contributed by atoms with Gasteiger partial charge in [0.2, 0.25) is 11.9 Å². The molecule has 0 saturated heterocycles. The molecule has 0 bridgehead atoms. The van der Waals surface area contributed by atoms with E-state index in [4.69, 9.17) is 4.74 Å². The number of amides is 1. The molecule has 0 fully saturated rings. The van der Waals surface area contributed by atoms with Gasteiger partial charge in [0.1, 0.15) is 0 Å². The number of aromatic nitrogens is 2. The maximum atomic E-state index is 11.9. The first-order chi connectivity index (χ1) is 11.9. The van der Waals surface area contributed by atoms with Crippen LogP contribution >= 0.6 is 0 Å². The Kier molecular flexibility index (Phi) is 6.89. The summed E-state index contributed by atoms with van der Waals surface area (Å²) < 4.78 is 5.78. The Labute approximate surface area is 149 Å². The minimum atomic E-state index is -0.167. The summed E-state index contributed by atoms with van der Waals surface area (Å²) in [7, 11) is 0. The third kappa shape index (κ3) is 7.76. The second-order valence-corrected chi connectivity index (χ2v) is 6.75. The zero-order valence-electron chi connectivity index (χ0n) is 15.1. The number of ether oxygens (including phenoxy) is 1. The van der Waals surface area contributed by atoms with E-state index in [0.29, 0.717) is 32.1 Å². The van der Waals surface area contributed by atoms with Crippen LogP contribution in [-0.2, 0) is 22.7 Å². The Morgan fingerprint density at radius 1 is 1.12 bits per heavy atom. The first-order valence-corrected chi connectivity index (χ1v) is 8.42. The van der Waals surface area contributed by atoms with Crippen LogP contribution in [0.5, 0.6) is 0 Å². The number of carbonyl (C=O) groups is 1. The number of nitrogens with zero attached hydrogens (tertiary/aromatic N) is 2. The molecule has 0 aliphatic carbocycles. The number of hydrogen-bond donors (Lipinski definition) is 2. The van der Waals surface area contributed by atoms with Crippen molar-refractivity contribution in [3.05, 3.63) is 53.9 Å². The topological polar surface area (TPSA) is 76.1 Å². The highest BCUT2D eigenvalue weighted by molar-refractivity contribution is 5.76. The van der Waals surface area contributed by atoms with Gasteiger partial charge in [-0.05, 0) is 38.0 Å². The van der Waals surface area contributed by atoms with Gasteiger partial charge in [0, 0.05) is 31.9 Å². The molecule has 0 atom stereocenters. The average Bonchev–Trinajstić information content (AvgIpc) is 2.59. The van der Waals surface area contributed by atoms with E-state index in [1.54, 1.807) is 18.5 Å². The molecule has 2 aromatic rings. The van der Waals surface area contributed by atoms with Crippen LogP contribution in [0.4, 0.5) is 5.95 Å². The van der Waals surface area contributed by atoms with Gasteiger partial charge in [-0.3, -0.25) is 4.79 Å². The Hall–Kier alpha value is -2.47. The zero-order valence-corrected chi connectivity index (χ0v) is 15.1. The predicted octanol–water partition coefficient (Wildman–Crippen LogP) is 2.91. The molecule has 0 aliphatic rings. The van der Waals surface area contributed by atoms with E-state index < -0.39 is 0 Å². The molecular formula is C19H26N4O2. The van der Waals surface area contributed by atoms with Crippen LogP contribution in [0.2, 0.25) is 0 Å². The van der Waals surface area contributed by atoms with Gasteiger partial charge in [-0.2, -0.15) is 0 Å². The van der Waals surface area contributed by atoms with Crippen molar-refractivity contribution in [3.63, 3.8) is 0 Å². The standard InChI is InChI=1S/C19H26N4O2/c1-19(2,3)25-14-16-7-4-6-15(12-16)13-23-17(24)8-11-22-18-20-9-5-10-21-18/h4-7,9-10,12H,8,11,13-14H2,1-3H3,(H,23,24)(H,20,21,22). The highest BCUT2D eigenvalue weighted by Gasteiger charge is 2.10. The molecule has 1 amide bonds. The predicted molar refractivity (Wildman–Crippen MR) is 98.0 cm³/mol. The number of nitrogens with one attached hydrogen (secondary N) is 2. The summed E-state index contributed by atoms with van der Waals surface area (Å²) in [6.45, 7) is 7.66. The van der Waals surface area contributed by atoms with Crippen LogP contribution < -0.4 is 10.6 Å². The van der Waals surface area contributed by atoms with E-state index in [2.05, 4.69) is 26.7 Å². The highest BCUT2D eigenvalue weighted by atomic mass is 16.5. The van der Waals surface area contributed by atoms with Gasteiger partial charge in [0.15, 0.2) is 0 Å². The third-order valence-electron chi connectivity index (χ3n) is 3.35. The van der Waals surface area contributed by atoms with E-state index in [9.17, 15) is 4.79 Å². The quantitative estimate of drug-likeness (QED) is 0.771. The molecule has 134 valence electrons. The summed E-state index contributed by atoms with van der Waals surface area (Å²) in [5.74, 6) is 0.515. The first-order valence-electron chi connectivity index (χ1n) is 8.42. The van der Waals surface area contributed by atoms with E-state index in [-0.39, 0.29) is 11.5 Å². The molecule has 25 heavy (non-hydrogen) atoms. The molecule has 0 aliphatic heterocycles. The lowest BCUT2D eigenvalue weighted by molar-refractivity contribution is -0.121. The van der Waals surface area contributed by atoms with Gasteiger partial charge < -0.3 is 15.4 Å². The minimum Gasteiger partial charge on any atom is -0.371 e. The maximum absolute atomic E-state index is 11.9. The van der Waals surface area contributed by atoms with E-state index in [1.165, 1.54) is 0 Å². The lowest BCUT2D eigenvalue weighted by Crippen LogP contribution is -2.25. The lowest BCUT2D eigenvalue weighted by Gasteiger charge is -2.19. The van der Waals surface area contributed by atoms with Crippen LogP contribution in [0.3, 0.4) is 0 Å². The summed E-state index contributed by atoms with van der Waals surface area (Å²) >= 11 is 0. The molecule has 0 saturated carbocycles. The second kappa shape index (κ2) is 9.13. The maximum Gasteiger partial charge on any atom is 0.222 e. The van der Waals surface area contributed by atoms with Gasteiger partial charge in [-0.25, -0.2) is 9.97 Å². The van der Waals surface area contributed by atoms with Crippen molar-refractivity contribution in [2.45, 2.75) is 45.9 Å². The molecule has 2 N–H and O–H groups in total. The number of rotatable bonds is 8. The zero-order chi connectivity index (χ0) is 18.1. The van der Waals surface area contributed by atoms with Crippen LogP contribution in [0.15, 0.2) is 42.7 Å². The molecule has 0 radical (unpaired) electrons. The number of hydrogen-bond acceptors (Lipinski definition) is 5.